The van der Waals surface area contributed by atoms with E-state index >= 15 is 0 Å². The Bertz CT molecular complexity index is 885. The lowest BCUT2D eigenvalue weighted by molar-refractivity contribution is -0.134. The Hall–Kier alpha value is -2.43. The highest BCUT2D eigenvalue weighted by molar-refractivity contribution is 6.31. The number of hydrogen-bond acceptors (Lipinski definition) is 4. The summed E-state index contributed by atoms with van der Waals surface area (Å²) in [4.78, 5) is 11.3. The molecule has 0 heterocycles. The molecule has 0 aliphatic heterocycles. The summed E-state index contributed by atoms with van der Waals surface area (Å²) in [6, 6.07) is 12.7. The Morgan fingerprint density at radius 3 is 2.23 bits per heavy atom. The van der Waals surface area contributed by atoms with Crippen molar-refractivity contribution in [1.29, 1.82) is 0 Å². The molecule has 2 aromatic carbocycles. The van der Waals surface area contributed by atoms with Crippen LogP contribution in [0.15, 0.2) is 58.7 Å². The van der Waals surface area contributed by atoms with Gasteiger partial charge in [-0.2, -0.15) is 10.2 Å². The number of nitrogens with zero attached hydrogens (tertiary/aromatic N) is 2. The maximum atomic E-state index is 11.3. The SMILES string of the molecule is COC(=O)/C=C/c1cc(Cl)ccc1/C(C)=N/N=C(\C)c1ccc(Cl)cc1. The molecule has 0 fully saturated rings. The van der Waals surface area contributed by atoms with Crippen LogP contribution in [0.1, 0.15) is 30.5 Å². The van der Waals surface area contributed by atoms with E-state index in [2.05, 4.69) is 14.9 Å². The van der Waals surface area contributed by atoms with Gasteiger partial charge in [-0.25, -0.2) is 4.79 Å². The number of halogens is 2. The highest BCUT2D eigenvalue weighted by atomic mass is 35.5. The average molecular weight is 389 g/mol. The van der Waals surface area contributed by atoms with E-state index in [9.17, 15) is 4.79 Å². The summed E-state index contributed by atoms with van der Waals surface area (Å²) in [5, 5.41) is 9.83. The Kier molecular flexibility index (Phi) is 7.13. The molecular weight excluding hydrogens is 371 g/mol. The van der Waals surface area contributed by atoms with Crippen molar-refractivity contribution in [3.05, 3.63) is 75.3 Å². The predicted molar refractivity (Wildman–Crippen MR) is 108 cm³/mol. The number of carbonyl (C=O) groups is 1. The highest BCUT2D eigenvalue weighted by Gasteiger charge is 2.06. The van der Waals surface area contributed by atoms with Gasteiger partial charge in [0, 0.05) is 21.7 Å². The van der Waals surface area contributed by atoms with Crippen LogP contribution >= 0.6 is 23.2 Å². The minimum absolute atomic E-state index is 0.442. The molecule has 0 amide bonds. The van der Waals surface area contributed by atoms with E-state index in [1.807, 2.05) is 32.0 Å². The zero-order valence-corrected chi connectivity index (χ0v) is 16.2. The number of methoxy groups -OCH3 is 1. The number of carbonyl (C=O) groups excluding carboxylic acids is 1. The van der Waals surface area contributed by atoms with Gasteiger partial charge in [0.15, 0.2) is 0 Å². The zero-order valence-electron chi connectivity index (χ0n) is 14.7. The Morgan fingerprint density at radius 1 is 0.962 bits per heavy atom. The second kappa shape index (κ2) is 9.32. The van der Waals surface area contributed by atoms with Crippen LogP contribution in [0, 0.1) is 0 Å². The van der Waals surface area contributed by atoms with Crippen LogP contribution in [0.5, 0.6) is 0 Å². The van der Waals surface area contributed by atoms with Crippen LogP contribution in [0.25, 0.3) is 6.08 Å². The molecule has 0 aliphatic rings. The van der Waals surface area contributed by atoms with Crippen LogP contribution in [0.2, 0.25) is 10.0 Å². The van der Waals surface area contributed by atoms with Crippen molar-refractivity contribution in [3.63, 3.8) is 0 Å². The number of benzene rings is 2. The number of rotatable bonds is 5. The van der Waals surface area contributed by atoms with Crippen molar-refractivity contribution in [2.75, 3.05) is 7.11 Å². The van der Waals surface area contributed by atoms with Gasteiger partial charge in [0.05, 0.1) is 18.5 Å². The van der Waals surface area contributed by atoms with Gasteiger partial charge >= 0.3 is 5.97 Å². The van der Waals surface area contributed by atoms with Gasteiger partial charge in [-0.1, -0.05) is 41.4 Å². The molecule has 0 saturated carbocycles. The van der Waals surface area contributed by atoms with E-state index in [1.165, 1.54) is 13.2 Å². The maximum absolute atomic E-state index is 11.3. The summed E-state index contributed by atoms with van der Waals surface area (Å²) in [5.41, 5.74) is 3.97. The van der Waals surface area contributed by atoms with Crippen molar-refractivity contribution in [2.24, 2.45) is 10.2 Å². The minimum atomic E-state index is -0.442. The lowest BCUT2D eigenvalue weighted by Gasteiger charge is -2.06. The third-order valence-corrected chi connectivity index (χ3v) is 4.10. The average Bonchev–Trinajstić information content (AvgIpc) is 2.64. The van der Waals surface area contributed by atoms with E-state index in [-0.39, 0.29) is 0 Å². The lowest BCUT2D eigenvalue weighted by atomic mass is 10.0. The third-order valence-electron chi connectivity index (χ3n) is 3.62. The summed E-state index contributed by atoms with van der Waals surface area (Å²) in [6.07, 6.45) is 2.98. The fourth-order valence-corrected chi connectivity index (χ4v) is 2.49. The number of ether oxygens (including phenoxy) is 1. The molecule has 6 heteroatoms. The van der Waals surface area contributed by atoms with Gasteiger partial charge in [-0.3, -0.25) is 0 Å². The first-order valence-electron chi connectivity index (χ1n) is 7.81. The van der Waals surface area contributed by atoms with Crippen LogP contribution < -0.4 is 0 Å². The zero-order chi connectivity index (χ0) is 19.1. The minimum Gasteiger partial charge on any atom is -0.466 e. The van der Waals surface area contributed by atoms with Crippen LogP contribution in [0.4, 0.5) is 0 Å². The second-order valence-corrected chi connectivity index (χ2v) is 6.34. The van der Waals surface area contributed by atoms with Gasteiger partial charge in [0.1, 0.15) is 0 Å². The van der Waals surface area contributed by atoms with Crippen LogP contribution in [-0.2, 0) is 9.53 Å². The van der Waals surface area contributed by atoms with Gasteiger partial charge in [0.2, 0.25) is 0 Å². The summed E-state index contributed by atoms with van der Waals surface area (Å²) in [6.45, 7) is 3.72. The molecule has 2 aromatic rings. The molecule has 0 radical (unpaired) electrons. The quantitative estimate of drug-likeness (QED) is 0.297. The third kappa shape index (κ3) is 5.55. The Morgan fingerprint density at radius 2 is 1.58 bits per heavy atom. The molecule has 0 aromatic heterocycles. The molecule has 0 N–H and O–H groups in total. The van der Waals surface area contributed by atoms with E-state index in [0.717, 1.165) is 22.4 Å². The van der Waals surface area contributed by atoms with Crippen molar-refractivity contribution < 1.29 is 9.53 Å². The monoisotopic (exact) mass is 388 g/mol. The van der Waals surface area contributed by atoms with Crippen molar-refractivity contribution in [1.82, 2.24) is 0 Å². The molecule has 0 bridgehead atoms. The molecule has 134 valence electrons. The first-order valence-corrected chi connectivity index (χ1v) is 8.57. The van der Waals surface area contributed by atoms with Gasteiger partial charge in [-0.15, -0.1) is 0 Å². The first-order chi connectivity index (χ1) is 12.4. The van der Waals surface area contributed by atoms with Gasteiger partial charge in [-0.05, 0) is 55.3 Å². The van der Waals surface area contributed by atoms with Crippen LogP contribution in [-0.4, -0.2) is 24.5 Å². The summed E-state index contributed by atoms with van der Waals surface area (Å²) in [7, 11) is 1.33. The smallest absolute Gasteiger partial charge is 0.330 e. The van der Waals surface area contributed by atoms with Crippen molar-refractivity contribution in [3.8, 4) is 0 Å². The topological polar surface area (TPSA) is 51.0 Å². The Balaban J connectivity index is 2.33. The molecule has 0 atom stereocenters. The summed E-state index contributed by atoms with van der Waals surface area (Å²) < 4.78 is 4.62. The normalized spacial score (nSPS) is 12.5. The van der Waals surface area contributed by atoms with Crippen molar-refractivity contribution in [2.45, 2.75) is 13.8 Å². The molecule has 0 saturated heterocycles. The molecule has 0 unspecified atom stereocenters. The Labute approximate surface area is 162 Å². The molecule has 26 heavy (non-hydrogen) atoms. The fraction of sp³-hybridized carbons (Fsp3) is 0.150. The molecule has 0 aliphatic carbocycles. The molecular formula is C20H18Cl2N2O2. The van der Waals surface area contributed by atoms with E-state index in [4.69, 9.17) is 23.2 Å². The lowest BCUT2D eigenvalue weighted by Crippen LogP contribution is -2.00. The molecule has 4 nitrogen and oxygen atoms in total. The first kappa shape index (κ1) is 19.9. The van der Waals surface area contributed by atoms with E-state index in [1.54, 1.807) is 30.3 Å². The fourth-order valence-electron chi connectivity index (χ4n) is 2.18. The second-order valence-electron chi connectivity index (χ2n) is 5.47. The maximum Gasteiger partial charge on any atom is 0.330 e. The van der Waals surface area contributed by atoms with Crippen molar-refractivity contribution >= 4 is 46.7 Å². The van der Waals surface area contributed by atoms with Crippen LogP contribution in [0.3, 0.4) is 0 Å². The van der Waals surface area contributed by atoms with E-state index < -0.39 is 5.97 Å². The number of hydrogen-bond donors (Lipinski definition) is 0. The van der Waals surface area contributed by atoms with Gasteiger partial charge in [0.25, 0.3) is 0 Å². The highest BCUT2D eigenvalue weighted by Crippen LogP contribution is 2.19. The summed E-state index contributed by atoms with van der Waals surface area (Å²) in [5.74, 6) is -0.442. The standard InChI is InChI=1S/C20H18Cl2N2O2/c1-13(15-4-7-17(21)8-5-15)23-24-14(2)19-10-9-18(22)12-16(19)6-11-20(25)26-3/h4-12H,1-3H3/b11-6+,23-13+,24-14+. The predicted octanol–water partition coefficient (Wildman–Crippen LogP) is 5.41. The largest absolute Gasteiger partial charge is 0.466 e. The molecule has 2 rings (SSSR count). The number of esters is 1. The van der Waals surface area contributed by atoms with Gasteiger partial charge < -0.3 is 4.74 Å². The van der Waals surface area contributed by atoms with E-state index in [0.29, 0.717) is 15.8 Å². The molecule has 0 spiro atoms. The summed E-state index contributed by atoms with van der Waals surface area (Å²) >= 11 is 12.0.